The van der Waals surface area contributed by atoms with Gasteiger partial charge in [-0.2, -0.15) is 0 Å². The minimum atomic E-state index is -0.804. The van der Waals surface area contributed by atoms with Crippen molar-refractivity contribution in [2.45, 2.75) is 303 Å². The zero-order chi connectivity index (χ0) is 55.0. The van der Waals surface area contributed by atoms with Gasteiger partial charge in [0, 0.05) is 19.3 Å². The molecule has 0 aromatic rings. The van der Waals surface area contributed by atoms with Gasteiger partial charge in [0.2, 0.25) is 0 Å². The summed E-state index contributed by atoms with van der Waals surface area (Å²) >= 11 is 0. The summed E-state index contributed by atoms with van der Waals surface area (Å²) < 4.78 is 16.9. The zero-order valence-corrected chi connectivity index (χ0v) is 49.7. The summed E-state index contributed by atoms with van der Waals surface area (Å²) in [5.74, 6) is -0.943. The topological polar surface area (TPSA) is 78.9 Å². The number of ether oxygens (including phenoxy) is 3. The van der Waals surface area contributed by atoms with E-state index in [9.17, 15) is 14.4 Å². The smallest absolute Gasteiger partial charge is 0.306 e. The van der Waals surface area contributed by atoms with Crippen molar-refractivity contribution in [2.75, 3.05) is 13.2 Å². The molecule has 434 valence electrons. The molecular weight excluding hydrogens is 937 g/mol. The van der Waals surface area contributed by atoms with E-state index in [1.165, 1.54) is 154 Å². The molecule has 0 radical (unpaired) electrons. The van der Waals surface area contributed by atoms with Gasteiger partial charge in [0.05, 0.1) is 0 Å². The van der Waals surface area contributed by atoms with Gasteiger partial charge in [-0.25, -0.2) is 0 Å². The molecule has 0 N–H and O–H groups in total. The Balaban J connectivity index is 4.48. The number of allylic oxidation sites excluding steroid dienone is 18. The third-order valence-corrected chi connectivity index (χ3v) is 13.5. The lowest BCUT2D eigenvalue weighted by molar-refractivity contribution is -0.167. The minimum absolute atomic E-state index is 0.0964. The van der Waals surface area contributed by atoms with E-state index in [1.54, 1.807) is 0 Å². The van der Waals surface area contributed by atoms with Crippen molar-refractivity contribution >= 4 is 17.9 Å². The van der Waals surface area contributed by atoms with Crippen LogP contribution in [0.2, 0.25) is 0 Å². The molecule has 0 aromatic carbocycles. The van der Waals surface area contributed by atoms with E-state index in [4.69, 9.17) is 14.2 Å². The number of unbranched alkanes of at least 4 members (excludes halogenated alkanes) is 28. The predicted molar refractivity (Wildman–Crippen MR) is 330 cm³/mol. The number of hydrogen-bond acceptors (Lipinski definition) is 6. The fraction of sp³-hybridized carbons (Fsp3) is 0.700. The molecule has 0 aliphatic heterocycles. The minimum Gasteiger partial charge on any atom is -0.462 e. The second kappa shape index (κ2) is 63.6. The van der Waals surface area contributed by atoms with Crippen LogP contribution in [0.1, 0.15) is 297 Å². The molecule has 1 unspecified atom stereocenters. The Labute approximate surface area is 470 Å². The Morgan fingerprint density at radius 3 is 0.868 bits per heavy atom. The van der Waals surface area contributed by atoms with E-state index in [0.29, 0.717) is 19.3 Å². The number of hydrogen-bond donors (Lipinski definition) is 0. The second-order valence-corrected chi connectivity index (χ2v) is 20.9. The molecule has 0 saturated carbocycles. The van der Waals surface area contributed by atoms with E-state index >= 15 is 0 Å². The molecule has 0 fully saturated rings. The van der Waals surface area contributed by atoms with Crippen LogP contribution in [0.25, 0.3) is 0 Å². The van der Waals surface area contributed by atoms with Gasteiger partial charge in [-0.05, 0) is 128 Å². The quantitative estimate of drug-likeness (QED) is 0.0261. The standard InChI is InChI=1S/C70H118O6/c1-4-7-10-13-16-19-22-25-28-31-34-35-37-39-42-45-48-51-54-57-60-63-69(72)75-66-67(65-74-68(71)62-59-56-53-50-47-44-41-38-33-30-27-24-21-18-15-12-9-6-3)76-70(73)64-61-58-55-52-49-46-43-40-36-32-29-26-23-20-17-14-11-8-5-2/h7,10,16-17,19-20,25-26,28-30,33-35,39,42,48,51,67H,4-6,8-9,11-15,18,21-24,27,31-32,36-38,40-41,43-47,49-50,52-66H2,1-3H3/b10-7-,19-16-,20-17-,28-25-,29-26-,33-30-,35-34-,42-39-,51-48-. The Hall–Kier alpha value is -3.93. The average molecular weight is 1060 g/mol. The molecule has 0 amide bonds. The third kappa shape index (κ3) is 60.9. The first-order valence-corrected chi connectivity index (χ1v) is 31.9. The summed E-state index contributed by atoms with van der Waals surface area (Å²) in [4.78, 5) is 38.3. The van der Waals surface area contributed by atoms with Gasteiger partial charge in [0.1, 0.15) is 13.2 Å². The fourth-order valence-corrected chi connectivity index (χ4v) is 8.71. The van der Waals surface area contributed by atoms with Gasteiger partial charge in [-0.3, -0.25) is 14.4 Å². The summed E-state index contributed by atoms with van der Waals surface area (Å²) in [6, 6.07) is 0. The Morgan fingerprint density at radius 2 is 0.513 bits per heavy atom. The highest BCUT2D eigenvalue weighted by molar-refractivity contribution is 5.71. The van der Waals surface area contributed by atoms with Crippen molar-refractivity contribution in [1.82, 2.24) is 0 Å². The van der Waals surface area contributed by atoms with Gasteiger partial charge < -0.3 is 14.2 Å². The Bertz CT molecular complexity index is 1540. The lowest BCUT2D eigenvalue weighted by Gasteiger charge is -2.18. The van der Waals surface area contributed by atoms with E-state index < -0.39 is 6.10 Å². The van der Waals surface area contributed by atoms with Crippen LogP contribution < -0.4 is 0 Å². The maximum absolute atomic E-state index is 12.9. The zero-order valence-electron chi connectivity index (χ0n) is 49.7. The highest BCUT2D eigenvalue weighted by Crippen LogP contribution is 2.15. The van der Waals surface area contributed by atoms with Crippen LogP contribution in [-0.4, -0.2) is 37.2 Å². The summed E-state index contributed by atoms with van der Waals surface area (Å²) in [7, 11) is 0. The third-order valence-electron chi connectivity index (χ3n) is 13.5. The number of rotatable bonds is 57. The molecule has 0 spiro atoms. The molecule has 0 aromatic heterocycles. The molecule has 0 aliphatic rings. The molecule has 0 bridgehead atoms. The van der Waals surface area contributed by atoms with Crippen LogP contribution in [0.5, 0.6) is 0 Å². The lowest BCUT2D eigenvalue weighted by Crippen LogP contribution is -2.30. The second-order valence-electron chi connectivity index (χ2n) is 20.9. The SMILES string of the molecule is CC/C=C\C/C=C\C/C=C\C/C=C\C/C=C\C/C=C\CCCCC(=O)OCC(COC(=O)CCCCCCCCC/C=C\CCCCCCCCC)OC(=O)CCCCCCCCCCC/C=C\C/C=C\CCCCC. The summed E-state index contributed by atoms with van der Waals surface area (Å²) in [5, 5.41) is 0. The van der Waals surface area contributed by atoms with Crippen molar-refractivity contribution < 1.29 is 28.6 Å². The maximum Gasteiger partial charge on any atom is 0.306 e. The highest BCUT2D eigenvalue weighted by Gasteiger charge is 2.19. The highest BCUT2D eigenvalue weighted by atomic mass is 16.6. The van der Waals surface area contributed by atoms with Crippen LogP contribution in [0.15, 0.2) is 109 Å². The van der Waals surface area contributed by atoms with E-state index in [-0.39, 0.29) is 31.1 Å². The van der Waals surface area contributed by atoms with E-state index in [1.807, 2.05) is 0 Å². The van der Waals surface area contributed by atoms with Crippen molar-refractivity contribution in [3.05, 3.63) is 109 Å². The molecule has 0 saturated heterocycles. The van der Waals surface area contributed by atoms with Crippen molar-refractivity contribution in [1.29, 1.82) is 0 Å². The van der Waals surface area contributed by atoms with Gasteiger partial charge in [0.15, 0.2) is 6.10 Å². The molecule has 0 aliphatic carbocycles. The summed E-state index contributed by atoms with van der Waals surface area (Å²) in [6.07, 6.45) is 86.6. The van der Waals surface area contributed by atoms with Gasteiger partial charge in [-0.1, -0.05) is 259 Å². The first-order valence-electron chi connectivity index (χ1n) is 31.9. The van der Waals surface area contributed by atoms with E-state index in [0.717, 1.165) is 103 Å². The number of carbonyl (C=O) groups excluding carboxylic acids is 3. The molecule has 6 heteroatoms. The normalized spacial score (nSPS) is 12.8. The van der Waals surface area contributed by atoms with Crippen LogP contribution >= 0.6 is 0 Å². The summed E-state index contributed by atoms with van der Waals surface area (Å²) in [6.45, 7) is 6.48. The largest absolute Gasteiger partial charge is 0.462 e. The average Bonchev–Trinajstić information content (AvgIpc) is 3.42. The summed E-state index contributed by atoms with van der Waals surface area (Å²) in [5.41, 5.74) is 0. The molecule has 1 atom stereocenters. The van der Waals surface area contributed by atoms with Crippen molar-refractivity contribution in [3.8, 4) is 0 Å². The maximum atomic E-state index is 12.9. The van der Waals surface area contributed by atoms with E-state index in [2.05, 4.69) is 130 Å². The Morgan fingerprint density at radius 1 is 0.276 bits per heavy atom. The van der Waals surface area contributed by atoms with Gasteiger partial charge in [0.25, 0.3) is 0 Å². The van der Waals surface area contributed by atoms with Crippen molar-refractivity contribution in [3.63, 3.8) is 0 Å². The van der Waals surface area contributed by atoms with Gasteiger partial charge in [-0.15, -0.1) is 0 Å². The van der Waals surface area contributed by atoms with Crippen LogP contribution in [0, 0.1) is 0 Å². The van der Waals surface area contributed by atoms with Crippen LogP contribution in [0.4, 0.5) is 0 Å². The number of carbonyl (C=O) groups is 3. The monoisotopic (exact) mass is 1050 g/mol. The molecule has 76 heavy (non-hydrogen) atoms. The predicted octanol–water partition coefficient (Wildman–Crippen LogP) is 21.8. The van der Waals surface area contributed by atoms with Crippen LogP contribution in [0.3, 0.4) is 0 Å². The number of esters is 3. The lowest BCUT2D eigenvalue weighted by atomic mass is 10.1. The first-order chi connectivity index (χ1) is 37.5. The van der Waals surface area contributed by atoms with Crippen molar-refractivity contribution in [2.24, 2.45) is 0 Å². The van der Waals surface area contributed by atoms with Gasteiger partial charge >= 0.3 is 17.9 Å². The molecule has 0 heterocycles. The molecule has 6 nitrogen and oxygen atoms in total. The molecule has 0 rings (SSSR count). The van der Waals surface area contributed by atoms with Crippen LogP contribution in [-0.2, 0) is 28.6 Å². The Kier molecular flexibility index (Phi) is 60.3. The first kappa shape index (κ1) is 72.1. The molecular formula is C70H118O6. The fourth-order valence-electron chi connectivity index (χ4n) is 8.71.